The molecule has 1 aliphatic carbocycles. The molecule has 62 valence electrons. The minimum absolute atomic E-state index is 0.335. The van der Waals surface area contributed by atoms with E-state index in [2.05, 4.69) is 6.92 Å². The van der Waals surface area contributed by atoms with E-state index in [0.717, 1.165) is 12.8 Å². The maximum absolute atomic E-state index is 11.1. The predicted molar refractivity (Wildman–Crippen MR) is 46.4 cm³/mol. The van der Waals surface area contributed by atoms with Crippen LogP contribution in [0.4, 0.5) is 0 Å². The van der Waals surface area contributed by atoms with Gasteiger partial charge in [-0.3, -0.25) is 4.79 Å². The highest BCUT2D eigenvalue weighted by atomic mass is 16.1. The molecule has 0 aliphatic heterocycles. The zero-order chi connectivity index (χ0) is 8.10. The molecule has 0 aromatic rings. The van der Waals surface area contributed by atoms with Crippen molar-refractivity contribution in [2.24, 2.45) is 5.92 Å². The van der Waals surface area contributed by atoms with E-state index in [0.29, 0.717) is 11.7 Å². The second kappa shape index (κ2) is 4.32. The Kier molecular flexibility index (Phi) is 3.34. The first kappa shape index (κ1) is 8.51. The summed E-state index contributed by atoms with van der Waals surface area (Å²) in [6, 6.07) is 0. The van der Waals surface area contributed by atoms with Crippen molar-refractivity contribution in [3.05, 3.63) is 12.2 Å². The topological polar surface area (TPSA) is 17.1 Å². The van der Waals surface area contributed by atoms with E-state index in [1.165, 1.54) is 19.3 Å². The van der Waals surface area contributed by atoms with Crippen LogP contribution in [0.1, 0.15) is 39.0 Å². The highest BCUT2D eigenvalue weighted by molar-refractivity contribution is 5.93. The van der Waals surface area contributed by atoms with Crippen LogP contribution in [0.25, 0.3) is 0 Å². The molecule has 0 aromatic heterocycles. The number of unbranched alkanes of at least 4 members (excludes halogenated alkanes) is 2. The molecule has 0 bridgehead atoms. The van der Waals surface area contributed by atoms with E-state index in [1.807, 2.05) is 6.08 Å². The fraction of sp³-hybridized carbons (Fsp3) is 0.700. The fourth-order valence-electron chi connectivity index (χ4n) is 1.50. The monoisotopic (exact) mass is 152 g/mol. The van der Waals surface area contributed by atoms with Crippen molar-refractivity contribution in [1.29, 1.82) is 0 Å². The summed E-state index contributed by atoms with van der Waals surface area (Å²) in [7, 11) is 0. The van der Waals surface area contributed by atoms with Crippen LogP contribution in [0.2, 0.25) is 0 Å². The molecular weight excluding hydrogens is 136 g/mol. The van der Waals surface area contributed by atoms with Crippen LogP contribution in [0.5, 0.6) is 0 Å². The summed E-state index contributed by atoms with van der Waals surface area (Å²) >= 11 is 0. The maximum Gasteiger partial charge on any atom is 0.158 e. The standard InChI is InChI=1S/C10H16O/c1-2-3-4-6-9-7-5-8-10(9)11/h5,8-9H,2-4,6-7H2,1H3. The van der Waals surface area contributed by atoms with E-state index in [9.17, 15) is 4.79 Å². The highest BCUT2D eigenvalue weighted by Gasteiger charge is 2.17. The Morgan fingerprint density at radius 3 is 2.91 bits per heavy atom. The van der Waals surface area contributed by atoms with E-state index >= 15 is 0 Å². The van der Waals surface area contributed by atoms with Crippen LogP contribution >= 0.6 is 0 Å². The summed E-state index contributed by atoms with van der Waals surface area (Å²) in [6.07, 6.45) is 9.55. The Hall–Kier alpha value is -0.590. The Labute approximate surface area is 68.5 Å². The molecule has 1 heteroatoms. The van der Waals surface area contributed by atoms with Gasteiger partial charge < -0.3 is 0 Å². The third kappa shape index (κ3) is 2.49. The third-order valence-electron chi connectivity index (χ3n) is 2.26. The lowest BCUT2D eigenvalue weighted by atomic mass is 9.98. The first-order valence-corrected chi connectivity index (χ1v) is 4.55. The molecule has 0 spiro atoms. The van der Waals surface area contributed by atoms with Gasteiger partial charge in [-0.15, -0.1) is 0 Å². The van der Waals surface area contributed by atoms with E-state index in [4.69, 9.17) is 0 Å². The molecule has 0 amide bonds. The molecule has 0 radical (unpaired) electrons. The number of allylic oxidation sites excluding steroid dienone is 2. The molecule has 0 aromatic carbocycles. The maximum atomic E-state index is 11.1. The Balaban J connectivity index is 2.13. The Morgan fingerprint density at radius 1 is 1.55 bits per heavy atom. The molecule has 1 unspecified atom stereocenters. The van der Waals surface area contributed by atoms with Gasteiger partial charge in [0.15, 0.2) is 5.78 Å². The van der Waals surface area contributed by atoms with Crippen LogP contribution in [0.15, 0.2) is 12.2 Å². The quantitative estimate of drug-likeness (QED) is 0.566. The SMILES string of the molecule is CCCCCC1CC=CC1=O. The molecular formula is C10H16O. The number of rotatable bonds is 4. The molecule has 0 N–H and O–H groups in total. The lowest BCUT2D eigenvalue weighted by Crippen LogP contribution is -2.05. The molecule has 1 nitrogen and oxygen atoms in total. The van der Waals surface area contributed by atoms with E-state index in [1.54, 1.807) is 6.08 Å². The summed E-state index contributed by atoms with van der Waals surface area (Å²) in [5, 5.41) is 0. The van der Waals surface area contributed by atoms with Crippen molar-refractivity contribution < 1.29 is 4.79 Å². The van der Waals surface area contributed by atoms with Gasteiger partial charge in [-0.05, 0) is 18.9 Å². The summed E-state index contributed by atoms with van der Waals surface area (Å²) < 4.78 is 0. The minimum atomic E-state index is 0.335. The number of carbonyl (C=O) groups excluding carboxylic acids is 1. The average molecular weight is 152 g/mol. The van der Waals surface area contributed by atoms with Crippen molar-refractivity contribution in [2.75, 3.05) is 0 Å². The summed E-state index contributed by atoms with van der Waals surface area (Å²) in [5.74, 6) is 0.683. The van der Waals surface area contributed by atoms with Crippen molar-refractivity contribution in [3.63, 3.8) is 0 Å². The van der Waals surface area contributed by atoms with Crippen molar-refractivity contribution in [3.8, 4) is 0 Å². The van der Waals surface area contributed by atoms with Gasteiger partial charge in [0.2, 0.25) is 0 Å². The smallest absolute Gasteiger partial charge is 0.158 e. The molecule has 0 fully saturated rings. The van der Waals surface area contributed by atoms with Gasteiger partial charge >= 0.3 is 0 Å². The van der Waals surface area contributed by atoms with Crippen LogP contribution in [0.3, 0.4) is 0 Å². The van der Waals surface area contributed by atoms with Gasteiger partial charge in [0.1, 0.15) is 0 Å². The van der Waals surface area contributed by atoms with Crippen molar-refractivity contribution in [2.45, 2.75) is 39.0 Å². The fourth-order valence-corrected chi connectivity index (χ4v) is 1.50. The molecule has 11 heavy (non-hydrogen) atoms. The van der Waals surface area contributed by atoms with Crippen LogP contribution < -0.4 is 0 Å². The van der Waals surface area contributed by atoms with Crippen molar-refractivity contribution >= 4 is 5.78 Å². The molecule has 0 saturated carbocycles. The highest BCUT2D eigenvalue weighted by Crippen LogP contribution is 2.20. The Bertz CT molecular complexity index is 158. The number of hydrogen-bond donors (Lipinski definition) is 0. The van der Waals surface area contributed by atoms with Gasteiger partial charge in [-0.25, -0.2) is 0 Å². The van der Waals surface area contributed by atoms with Gasteiger partial charge in [0.05, 0.1) is 0 Å². The second-order valence-corrected chi connectivity index (χ2v) is 3.23. The zero-order valence-corrected chi connectivity index (χ0v) is 7.18. The van der Waals surface area contributed by atoms with E-state index < -0.39 is 0 Å². The van der Waals surface area contributed by atoms with Crippen molar-refractivity contribution in [1.82, 2.24) is 0 Å². The number of ketones is 1. The molecule has 1 rings (SSSR count). The van der Waals surface area contributed by atoms with Gasteiger partial charge in [0.25, 0.3) is 0 Å². The zero-order valence-electron chi connectivity index (χ0n) is 7.18. The molecule has 1 aliphatic rings. The second-order valence-electron chi connectivity index (χ2n) is 3.23. The van der Waals surface area contributed by atoms with E-state index in [-0.39, 0.29) is 0 Å². The first-order chi connectivity index (χ1) is 5.34. The largest absolute Gasteiger partial charge is 0.295 e. The molecule has 0 saturated heterocycles. The van der Waals surface area contributed by atoms with Crippen LogP contribution in [-0.2, 0) is 4.79 Å². The average Bonchev–Trinajstić information content (AvgIpc) is 2.37. The molecule has 1 atom stereocenters. The lowest BCUT2D eigenvalue weighted by molar-refractivity contribution is -0.117. The summed E-state index contributed by atoms with van der Waals surface area (Å²) in [6.45, 7) is 2.19. The van der Waals surface area contributed by atoms with Gasteiger partial charge in [-0.2, -0.15) is 0 Å². The lowest BCUT2D eigenvalue weighted by Gasteiger charge is -2.05. The van der Waals surface area contributed by atoms with Gasteiger partial charge in [-0.1, -0.05) is 32.3 Å². The number of carbonyl (C=O) groups is 1. The third-order valence-corrected chi connectivity index (χ3v) is 2.26. The summed E-state index contributed by atoms with van der Waals surface area (Å²) in [5.41, 5.74) is 0. The van der Waals surface area contributed by atoms with Gasteiger partial charge in [0, 0.05) is 5.92 Å². The van der Waals surface area contributed by atoms with Crippen LogP contribution in [-0.4, -0.2) is 5.78 Å². The molecule has 0 heterocycles. The normalized spacial score (nSPS) is 23.0. The summed E-state index contributed by atoms with van der Waals surface area (Å²) in [4.78, 5) is 11.1. The van der Waals surface area contributed by atoms with Crippen LogP contribution in [0, 0.1) is 5.92 Å². The first-order valence-electron chi connectivity index (χ1n) is 4.55. The predicted octanol–water partition coefficient (Wildman–Crippen LogP) is 2.71. The minimum Gasteiger partial charge on any atom is -0.295 e. The Morgan fingerprint density at radius 2 is 2.36 bits per heavy atom. The number of hydrogen-bond acceptors (Lipinski definition) is 1.